The molecule has 2 heterocycles. The van der Waals surface area contributed by atoms with Gasteiger partial charge >= 0.3 is 0 Å². The number of nitrogens with one attached hydrogen (secondary N) is 1. The van der Waals surface area contributed by atoms with Gasteiger partial charge < -0.3 is 5.32 Å². The number of pyridine rings is 2. The van der Waals surface area contributed by atoms with Crippen LogP contribution in [0.4, 0.5) is 0 Å². The van der Waals surface area contributed by atoms with Gasteiger partial charge in [0.25, 0.3) is 10.0 Å². The molecule has 112 valence electrons. The summed E-state index contributed by atoms with van der Waals surface area (Å²) in [4.78, 5) is 7.96. The highest BCUT2D eigenvalue weighted by Gasteiger charge is 2.22. The smallest absolute Gasteiger partial charge is 0.260 e. The molecule has 0 radical (unpaired) electrons. The van der Waals surface area contributed by atoms with Gasteiger partial charge in [0.15, 0.2) is 5.03 Å². The van der Waals surface area contributed by atoms with Crippen molar-refractivity contribution in [1.82, 2.24) is 19.6 Å². The highest BCUT2D eigenvalue weighted by Crippen LogP contribution is 2.14. The van der Waals surface area contributed by atoms with E-state index >= 15 is 0 Å². The van der Waals surface area contributed by atoms with Gasteiger partial charge in [-0.1, -0.05) is 6.07 Å². The van der Waals surface area contributed by atoms with E-state index in [0.717, 1.165) is 11.1 Å². The molecular weight excluding hydrogens is 288 g/mol. The second kappa shape index (κ2) is 6.75. The predicted molar refractivity (Wildman–Crippen MR) is 79.9 cm³/mol. The Hall–Kier alpha value is -1.83. The number of hydrogen-bond acceptors (Lipinski definition) is 5. The first-order valence-corrected chi connectivity index (χ1v) is 7.93. The number of hydrogen-bond donors (Lipinski definition) is 1. The Kier molecular flexibility index (Phi) is 5.00. The van der Waals surface area contributed by atoms with Crippen molar-refractivity contribution in [3.8, 4) is 0 Å². The third-order valence-electron chi connectivity index (χ3n) is 3.01. The van der Waals surface area contributed by atoms with E-state index in [2.05, 4.69) is 15.3 Å². The van der Waals surface area contributed by atoms with Crippen molar-refractivity contribution in [2.24, 2.45) is 0 Å². The third kappa shape index (κ3) is 3.84. The molecule has 1 N–H and O–H groups in total. The van der Waals surface area contributed by atoms with Gasteiger partial charge in [0, 0.05) is 38.7 Å². The predicted octanol–water partition coefficient (Wildman–Crippen LogP) is 1.02. The van der Waals surface area contributed by atoms with Crippen LogP contribution in [0.3, 0.4) is 0 Å². The number of aromatic nitrogens is 2. The molecule has 0 atom stereocenters. The standard InChI is InChI=1S/C14H18N4O2S/c1-15-9-13-3-4-14(17-10-13)21(19,20)18(2)11-12-5-7-16-8-6-12/h3-8,10,15H,9,11H2,1-2H3. The molecule has 21 heavy (non-hydrogen) atoms. The zero-order valence-electron chi connectivity index (χ0n) is 12.0. The van der Waals surface area contributed by atoms with E-state index in [4.69, 9.17) is 0 Å². The lowest BCUT2D eigenvalue weighted by molar-refractivity contribution is 0.463. The van der Waals surface area contributed by atoms with Crippen LogP contribution in [0.1, 0.15) is 11.1 Å². The molecule has 0 fully saturated rings. The second-order valence-corrected chi connectivity index (χ2v) is 6.64. The van der Waals surface area contributed by atoms with Gasteiger partial charge in [0.1, 0.15) is 0 Å². The summed E-state index contributed by atoms with van der Waals surface area (Å²) in [6.07, 6.45) is 4.85. The highest BCUT2D eigenvalue weighted by molar-refractivity contribution is 7.89. The van der Waals surface area contributed by atoms with Crippen molar-refractivity contribution in [3.63, 3.8) is 0 Å². The fourth-order valence-electron chi connectivity index (χ4n) is 1.86. The van der Waals surface area contributed by atoms with Gasteiger partial charge in [0.05, 0.1) is 0 Å². The van der Waals surface area contributed by atoms with Crippen LogP contribution in [0.2, 0.25) is 0 Å². The second-order valence-electron chi connectivity index (χ2n) is 4.65. The molecule has 2 aromatic heterocycles. The fourth-order valence-corrected chi connectivity index (χ4v) is 2.93. The SMILES string of the molecule is CNCc1ccc(S(=O)(=O)N(C)Cc2ccncc2)nc1. The van der Waals surface area contributed by atoms with Crippen LogP contribution in [0, 0.1) is 0 Å². The third-order valence-corrected chi connectivity index (χ3v) is 4.73. The Morgan fingerprint density at radius 3 is 2.43 bits per heavy atom. The fraction of sp³-hybridized carbons (Fsp3) is 0.286. The summed E-state index contributed by atoms with van der Waals surface area (Å²) < 4.78 is 26.2. The van der Waals surface area contributed by atoms with Gasteiger partial charge in [-0.05, 0) is 36.4 Å². The van der Waals surface area contributed by atoms with E-state index in [0.29, 0.717) is 6.54 Å². The van der Waals surface area contributed by atoms with Crippen LogP contribution in [0.15, 0.2) is 47.9 Å². The van der Waals surface area contributed by atoms with Crippen molar-refractivity contribution < 1.29 is 8.42 Å². The lowest BCUT2D eigenvalue weighted by atomic mass is 10.3. The summed E-state index contributed by atoms with van der Waals surface area (Å²) in [6.45, 7) is 0.935. The maximum absolute atomic E-state index is 12.4. The van der Waals surface area contributed by atoms with Gasteiger partial charge in [0.2, 0.25) is 0 Å². The Morgan fingerprint density at radius 2 is 1.86 bits per heavy atom. The molecule has 2 rings (SSSR count). The van der Waals surface area contributed by atoms with E-state index in [-0.39, 0.29) is 11.6 Å². The lowest BCUT2D eigenvalue weighted by Gasteiger charge is -2.16. The average molecular weight is 306 g/mol. The van der Waals surface area contributed by atoms with Crippen molar-refractivity contribution in [2.45, 2.75) is 18.1 Å². The van der Waals surface area contributed by atoms with Crippen molar-refractivity contribution in [1.29, 1.82) is 0 Å². The monoisotopic (exact) mass is 306 g/mol. The van der Waals surface area contributed by atoms with Gasteiger partial charge in [-0.3, -0.25) is 4.98 Å². The summed E-state index contributed by atoms with van der Waals surface area (Å²) in [6, 6.07) is 6.87. The van der Waals surface area contributed by atoms with Gasteiger partial charge in [-0.15, -0.1) is 0 Å². The summed E-state index contributed by atoms with van der Waals surface area (Å²) in [5.41, 5.74) is 1.82. The highest BCUT2D eigenvalue weighted by atomic mass is 32.2. The molecule has 0 aliphatic carbocycles. The molecule has 2 aromatic rings. The molecule has 0 aliphatic heterocycles. The first-order chi connectivity index (χ1) is 10.0. The largest absolute Gasteiger partial charge is 0.316 e. The van der Waals surface area contributed by atoms with E-state index in [1.807, 2.05) is 7.05 Å². The topological polar surface area (TPSA) is 75.2 Å². The number of rotatable bonds is 6. The molecular formula is C14H18N4O2S. The first kappa shape index (κ1) is 15.6. The molecule has 0 aromatic carbocycles. The molecule has 0 aliphatic rings. The maximum atomic E-state index is 12.4. The minimum atomic E-state index is -3.59. The molecule has 0 amide bonds. The van der Waals surface area contributed by atoms with Crippen molar-refractivity contribution >= 4 is 10.0 Å². The first-order valence-electron chi connectivity index (χ1n) is 6.49. The van der Waals surface area contributed by atoms with Gasteiger partial charge in [-0.2, -0.15) is 4.31 Å². The molecule has 0 unspecified atom stereocenters. The lowest BCUT2D eigenvalue weighted by Crippen LogP contribution is -2.27. The van der Waals surface area contributed by atoms with Crippen LogP contribution in [0.25, 0.3) is 0 Å². The molecule has 6 nitrogen and oxygen atoms in total. The normalized spacial score (nSPS) is 11.8. The van der Waals surface area contributed by atoms with E-state index < -0.39 is 10.0 Å². The van der Waals surface area contributed by atoms with Crippen LogP contribution in [-0.2, 0) is 23.1 Å². The average Bonchev–Trinajstić information content (AvgIpc) is 2.49. The van der Waals surface area contributed by atoms with Crippen molar-refractivity contribution in [3.05, 3.63) is 54.0 Å². The number of sulfonamides is 1. The summed E-state index contributed by atoms with van der Waals surface area (Å²) in [5, 5.41) is 3.05. The molecule has 0 spiro atoms. The van der Waals surface area contributed by atoms with Crippen LogP contribution >= 0.6 is 0 Å². The molecule has 0 bridgehead atoms. The minimum Gasteiger partial charge on any atom is -0.316 e. The van der Waals surface area contributed by atoms with E-state index in [1.165, 1.54) is 10.4 Å². The van der Waals surface area contributed by atoms with Crippen LogP contribution in [0.5, 0.6) is 0 Å². The summed E-state index contributed by atoms with van der Waals surface area (Å²) in [7, 11) is -0.220. The maximum Gasteiger partial charge on any atom is 0.260 e. The van der Waals surface area contributed by atoms with Crippen LogP contribution in [-0.4, -0.2) is 36.8 Å². The molecule has 7 heteroatoms. The Bertz CT molecular complexity index is 672. The van der Waals surface area contributed by atoms with Gasteiger partial charge in [-0.25, -0.2) is 13.4 Å². The number of nitrogens with zero attached hydrogens (tertiary/aromatic N) is 3. The zero-order valence-corrected chi connectivity index (χ0v) is 12.8. The van der Waals surface area contributed by atoms with Crippen LogP contribution < -0.4 is 5.32 Å². The van der Waals surface area contributed by atoms with Crippen molar-refractivity contribution in [2.75, 3.05) is 14.1 Å². The Labute approximate surface area is 124 Å². The summed E-state index contributed by atoms with van der Waals surface area (Å²) in [5.74, 6) is 0. The minimum absolute atomic E-state index is 0.0545. The molecule has 0 saturated heterocycles. The quantitative estimate of drug-likeness (QED) is 0.862. The molecule has 0 saturated carbocycles. The summed E-state index contributed by atoms with van der Waals surface area (Å²) >= 11 is 0. The van der Waals surface area contributed by atoms with E-state index in [1.54, 1.807) is 43.8 Å². The Balaban J connectivity index is 2.16. The van der Waals surface area contributed by atoms with E-state index in [9.17, 15) is 8.42 Å². The zero-order chi connectivity index (χ0) is 15.3. The Morgan fingerprint density at radius 1 is 1.14 bits per heavy atom.